The van der Waals surface area contributed by atoms with E-state index < -0.39 is 0 Å². The summed E-state index contributed by atoms with van der Waals surface area (Å²) in [4.78, 5) is 11.2. The van der Waals surface area contributed by atoms with Gasteiger partial charge in [-0.3, -0.25) is 0 Å². The van der Waals surface area contributed by atoms with E-state index in [-0.39, 0.29) is 11.4 Å². The van der Waals surface area contributed by atoms with E-state index in [9.17, 15) is 4.79 Å². The first-order valence-electron chi connectivity index (χ1n) is 4.68. The number of carbonyl (C=O) groups is 1. The van der Waals surface area contributed by atoms with Crippen LogP contribution < -0.4 is 0 Å². The molecular weight excluding hydrogens is 188 g/mol. The van der Waals surface area contributed by atoms with Crippen LogP contribution in [0.15, 0.2) is 24.3 Å². The van der Waals surface area contributed by atoms with Crippen LogP contribution in [0.25, 0.3) is 0 Å². The van der Waals surface area contributed by atoms with E-state index in [0.717, 1.165) is 5.56 Å². The van der Waals surface area contributed by atoms with Gasteiger partial charge in [0.15, 0.2) is 0 Å². The Hall–Kier alpha value is -1.75. The summed E-state index contributed by atoms with van der Waals surface area (Å²) in [6.45, 7) is 3.92. The first-order valence-corrected chi connectivity index (χ1v) is 4.68. The van der Waals surface area contributed by atoms with Gasteiger partial charge in [0.2, 0.25) is 0 Å². The summed E-state index contributed by atoms with van der Waals surface area (Å²) in [5, 5.41) is 0. The van der Waals surface area contributed by atoms with Gasteiger partial charge in [0.1, 0.15) is 0 Å². The number of hydrogen-bond donors (Lipinski definition) is 0. The van der Waals surface area contributed by atoms with E-state index in [1.807, 2.05) is 26.0 Å². The topological polar surface area (TPSA) is 26.3 Å². The molecule has 0 saturated heterocycles. The molecular formula is C13H14O2. The van der Waals surface area contributed by atoms with E-state index in [0.29, 0.717) is 5.56 Å². The summed E-state index contributed by atoms with van der Waals surface area (Å²) >= 11 is 0. The molecule has 0 heterocycles. The Labute approximate surface area is 90.3 Å². The number of rotatable bonds is 2. The van der Waals surface area contributed by atoms with Gasteiger partial charge in [-0.2, -0.15) is 0 Å². The van der Waals surface area contributed by atoms with Gasteiger partial charge in [-0.15, -0.1) is 6.42 Å². The Morgan fingerprint density at radius 1 is 1.33 bits per heavy atom. The minimum absolute atomic E-state index is 0.311. The van der Waals surface area contributed by atoms with Crippen LogP contribution in [-0.2, 0) is 10.2 Å². The zero-order chi connectivity index (χ0) is 11.5. The van der Waals surface area contributed by atoms with Gasteiger partial charge in [0.05, 0.1) is 18.1 Å². The van der Waals surface area contributed by atoms with Crippen molar-refractivity contribution in [3.8, 4) is 12.3 Å². The lowest BCUT2D eigenvalue weighted by Crippen LogP contribution is -2.14. The lowest BCUT2D eigenvalue weighted by atomic mass is 9.85. The van der Waals surface area contributed by atoms with Gasteiger partial charge in [0, 0.05) is 0 Å². The molecule has 2 nitrogen and oxygen atoms in total. The third-order valence-electron chi connectivity index (χ3n) is 2.39. The summed E-state index contributed by atoms with van der Waals surface area (Å²) in [5.41, 5.74) is 1.24. The highest BCUT2D eigenvalue weighted by molar-refractivity contribution is 5.89. The zero-order valence-corrected chi connectivity index (χ0v) is 9.20. The Morgan fingerprint density at radius 2 is 1.87 bits per heavy atom. The number of carbonyl (C=O) groups excluding carboxylic acids is 1. The van der Waals surface area contributed by atoms with E-state index >= 15 is 0 Å². The number of ether oxygens (including phenoxy) is 1. The van der Waals surface area contributed by atoms with Gasteiger partial charge in [0.25, 0.3) is 0 Å². The Kier molecular flexibility index (Phi) is 3.16. The van der Waals surface area contributed by atoms with Crippen LogP contribution in [0.2, 0.25) is 0 Å². The van der Waals surface area contributed by atoms with Crippen LogP contribution in [0.5, 0.6) is 0 Å². The van der Waals surface area contributed by atoms with Crippen LogP contribution in [0.4, 0.5) is 0 Å². The van der Waals surface area contributed by atoms with Gasteiger partial charge in [-0.1, -0.05) is 18.1 Å². The van der Waals surface area contributed by atoms with Crippen LogP contribution in [0.1, 0.15) is 29.8 Å². The Bertz CT molecular complexity index is 394. The molecule has 0 aliphatic heterocycles. The van der Waals surface area contributed by atoms with Crippen molar-refractivity contribution in [3.63, 3.8) is 0 Å². The molecule has 0 amide bonds. The van der Waals surface area contributed by atoms with E-state index in [1.165, 1.54) is 7.11 Å². The maximum atomic E-state index is 11.2. The van der Waals surface area contributed by atoms with Gasteiger partial charge in [-0.25, -0.2) is 4.79 Å². The first-order chi connectivity index (χ1) is 7.01. The zero-order valence-electron chi connectivity index (χ0n) is 9.20. The number of esters is 1. The van der Waals surface area contributed by atoms with Gasteiger partial charge >= 0.3 is 5.97 Å². The van der Waals surface area contributed by atoms with Crippen molar-refractivity contribution in [1.82, 2.24) is 0 Å². The van der Waals surface area contributed by atoms with E-state index in [4.69, 9.17) is 6.42 Å². The SMILES string of the molecule is C#CC(C)(C)c1ccc(C(=O)OC)cc1. The molecule has 0 fully saturated rings. The molecule has 15 heavy (non-hydrogen) atoms. The molecule has 2 heteroatoms. The van der Waals surface area contributed by atoms with Gasteiger partial charge in [-0.05, 0) is 31.5 Å². The van der Waals surface area contributed by atoms with Crippen LogP contribution in [0, 0.1) is 12.3 Å². The molecule has 1 aromatic rings. The molecule has 78 valence electrons. The third-order valence-corrected chi connectivity index (χ3v) is 2.39. The molecule has 0 aliphatic carbocycles. The molecule has 0 radical (unpaired) electrons. The second-order valence-electron chi connectivity index (χ2n) is 3.84. The lowest BCUT2D eigenvalue weighted by Gasteiger charge is -2.17. The predicted molar refractivity (Wildman–Crippen MR) is 59.6 cm³/mol. The third kappa shape index (κ3) is 2.38. The highest BCUT2D eigenvalue weighted by Gasteiger charge is 2.17. The molecule has 0 aliphatic rings. The smallest absolute Gasteiger partial charge is 0.337 e. The quantitative estimate of drug-likeness (QED) is 0.543. The highest BCUT2D eigenvalue weighted by Crippen LogP contribution is 2.22. The minimum Gasteiger partial charge on any atom is -0.465 e. The van der Waals surface area contributed by atoms with E-state index in [2.05, 4.69) is 10.7 Å². The summed E-state index contributed by atoms with van der Waals surface area (Å²) in [5.74, 6) is 2.37. The normalized spacial score (nSPS) is 10.5. The monoisotopic (exact) mass is 202 g/mol. The number of hydrogen-bond acceptors (Lipinski definition) is 2. The largest absolute Gasteiger partial charge is 0.465 e. The van der Waals surface area contributed by atoms with Crippen LogP contribution >= 0.6 is 0 Å². The van der Waals surface area contributed by atoms with Crippen molar-refractivity contribution >= 4 is 5.97 Å². The molecule has 1 rings (SSSR count). The second-order valence-corrected chi connectivity index (χ2v) is 3.84. The molecule has 0 spiro atoms. The van der Waals surface area contributed by atoms with Crippen molar-refractivity contribution in [2.24, 2.45) is 0 Å². The minimum atomic E-state index is -0.333. The fraction of sp³-hybridized carbons (Fsp3) is 0.308. The fourth-order valence-electron chi connectivity index (χ4n) is 1.22. The van der Waals surface area contributed by atoms with Gasteiger partial charge < -0.3 is 4.74 Å². The first kappa shape index (κ1) is 11.3. The number of terminal acetylenes is 1. The number of benzene rings is 1. The van der Waals surface area contributed by atoms with Crippen LogP contribution in [0.3, 0.4) is 0 Å². The summed E-state index contributed by atoms with van der Waals surface area (Å²) in [6, 6.07) is 7.15. The Morgan fingerprint density at radius 3 is 2.27 bits per heavy atom. The summed E-state index contributed by atoms with van der Waals surface area (Å²) in [7, 11) is 1.36. The van der Waals surface area contributed by atoms with Crippen molar-refractivity contribution < 1.29 is 9.53 Å². The Balaban J connectivity index is 3.01. The molecule has 0 saturated carbocycles. The molecule has 0 unspecified atom stereocenters. The molecule has 1 aromatic carbocycles. The van der Waals surface area contributed by atoms with Crippen molar-refractivity contribution in [2.45, 2.75) is 19.3 Å². The summed E-state index contributed by atoms with van der Waals surface area (Å²) in [6.07, 6.45) is 5.42. The fourth-order valence-corrected chi connectivity index (χ4v) is 1.22. The summed E-state index contributed by atoms with van der Waals surface area (Å²) < 4.78 is 4.61. The molecule has 0 atom stereocenters. The maximum absolute atomic E-state index is 11.2. The molecule has 0 bridgehead atoms. The number of methoxy groups -OCH3 is 1. The predicted octanol–water partition coefficient (Wildman–Crippen LogP) is 2.38. The molecule has 0 aromatic heterocycles. The second kappa shape index (κ2) is 4.18. The average molecular weight is 202 g/mol. The van der Waals surface area contributed by atoms with E-state index in [1.54, 1.807) is 12.1 Å². The van der Waals surface area contributed by atoms with Crippen LogP contribution in [-0.4, -0.2) is 13.1 Å². The highest BCUT2D eigenvalue weighted by atomic mass is 16.5. The molecule has 0 N–H and O–H groups in total. The lowest BCUT2D eigenvalue weighted by molar-refractivity contribution is 0.0600. The maximum Gasteiger partial charge on any atom is 0.337 e. The van der Waals surface area contributed by atoms with Crippen molar-refractivity contribution in [1.29, 1.82) is 0 Å². The van der Waals surface area contributed by atoms with Crippen molar-refractivity contribution in [3.05, 3.63) is 35.4 Å². The standard InChI is InChI=1S/C13H14O2/c1-5-13(2,3)11-8-6-10(7-9-11)12(14)15-4/h1,6-9H,2-4H3. The van der Waals surface area contributed by atoms with Crippen molar-refractivity contribution in [2.75, 3.05) is 7.11 Å². The average Bonchev–Trinajstić information content (AvgIpc) is 2.28.